The maximum Gasteiger partial charge on any atom is 0.673 e. The smallest absolute Gasteiger partial charge is 0.488 e. The van der Waals surface area contributed by atoms with Crippen molar-refractivity contribution in [1.82, 2.24) is 0 Å². The summed E-state index contributed by atoms with van der Waals surface area (Å²) < 4.78 is 49.6. The van der Waals surface area contributed by atoms with Crippen molar-refractivity contribution >= 4 is 19.1 Å². The fraction of sp³-hybridized carbons (Fsp3) is 0.292. The van der Waals surface area contributed by atoms with E-state index in [2.05, 4.69) is 58.0 Å². The molecular weight excluding hydrogens is 423 g/mol. The summed E-state index contributed by atoms with van der Waals surface area (Å²) >= 11 is 0. The first-order valence-corrected chi connectivity index (χ1v) is 10.1. The Morgan fingerprint density at radius 1 is 0.906 bits per heavy atom. The number of ether oxygens (including phenoxy) is 2. The third kappa shape index (κ3) is 6.25. The van der Waals surface area contributed by atoms with Gasteiger partial charge in [0.1, 0.15) is 0 Å². The van der Waals surface area contributed by atoms with Crippen molar-refractivity contribution in [3.63, 3.8) is 0 Å². The summed E-state index contributed by atoms with van der Waals surface area (Å²) in [5.41, 5.74) is 8.45. The molecule has 0 radical (unpaired) electrons. The Hall–Kier alpha value is -3.03. The standard InChI is InChI=1S/C24H26O3.BF4/c1-14(2)18-8-7-15(3)23-19(9-16(4)20(23)13-18)10-17-11-21(26-5)24(25)22(12-17)27-6;2-1(3,4)5/h7-14H,1-6H3;/q;-1/p+1. The fourth-order valence-electron chi connectivity index (χ4n) is 3.53. The largest absolute Gasteiger partial charge is 0.673 e. The van der Waals surface area contributed by atoms with Gasteiger partial charge in [-0.25, -0.2) is 0 Å². The molecule has 1 N–H and O–H groups in total. The van der Waals surface area contributed by atoms with Gasteiger partial charge < -0.3 is 26.7 Å². The summed E-state index contributed by atoms with van der Waals surface area (Å²) in [6.45, 7) is 8.75. The van der Waals surface area contributed by atoms with E-state index in [-0.39, 0.29) is 5.78 Å². The molecule has 0 atom stereocenters. The number of carbonyl (C=O) groups excluding carboxylic acids is 1. The van der Waals surface area contributed by atoms with Crippen molar-refractivity contribution < 1.29 is 31.5 Å². The van der Waals surface area contributed by atoms with Gasteiger partial charge in [-0.1, -0.05) is 38.1 Å². The van der Waals surface area contributed by atoms with Crippen LogP contribution in [0.3, 0.4) is 0 Å². The van der Waals surface area contributed by atoms with Crippen molar-refractivity contribution in [2.45, 2.75) is 33.6 Å². The normalized spacial score (nSPS) is 14.0. The average molecular weight is 450 g/mol. The molecular formula is C24H27BF4O3. The van der Waals surface area contributed by atoms with Crippen LogP contribution in [-0.2, 0) is 9.47 Å². The zero-order valence-electron chi connectivity index (χ0n) is 19.0. The molecule has 0 saturated carbocycles. The van der Waals surface area contributed by atoms with Crippen LogP contribution in [0.5, 0.6) is 0 Å². The van der Waals surface area contributed by atoms with Gasteiger partial charge >= 0.3 is 13.0 Å². The molecule has 0 saturated heterocycles. The quantitative estimate of drug-likeness (QED) is 0.291. The third-order valence-electron chi connectivity index (χ3n) is 5.08. The summed E-state index contributed by atoms with van der Waals surface area (Å²) in [4.78, 5) is 10.2. The van der Waals surface area contributed by atoms with Crippen molar-refractivity contribution in [3.05, 3.63) is 75.8 Å². The van der Waals surface area contributed by atoms with Gasteiger partial charge in [-0.05, 0) is 76.9 Å². The molecule has 0 amide bonds. The average Bonchev–Trinajstić information content (AvgIpc) is 2.87. The van der Waals surface area contributed by atoms with E-state index >= 15 is 0 Å². The zero-order valence-corrected chi connectivity index (χ0v) is 19.0. The van der Waals surface area contributed by atoms with Crippen LogP contribution in [0.2, 0.25) is 0 Å². The fourth-order valence-corrected chi connectivity index (χ4v) is 3.53. The number of hydrogen-bond acceptors (Lipinski definition) is 2. The Morgan fingerprint density at radius 2 is 1.44 bits per heavy atom. The van der Waals surface area contributed by atoms with Crippen molar-refractivity contribution in [2.24, 2.45) is 0 Å². The second kappa shape index (κ2) is 10.1. The van der Waals surface area contributed by atoms with Gasteiger partial charge in [-0.15, -0.1) is 0 Å². The predicted molar refractivity (Wildman–Crippen MR) is 122 cm³/mol. The zero-order chi connectivity index (χ0) is 24.2. The third-order valence-corrected chi connectivity index (χ3v) is 5.08. The molecule has 0 bridgehead atoms. The number of methoxy groups -OCH3 is 2. The van der Waals surface area contributed by atoms with Gasteiger partial charge in [0.25, 0.3) is 0 Å². The van der Waals surface area contributed by atoms with Crippen molar-refractivity contribution in [1.29, 1.82) is 0 Å². The summed E-state index contributed by atoms with van der Waals surface area (Å²) in [6.07, 6.45) is 5.76. The summed E-state index contributed by atoms with van der Waals surface area (Å²) in [6, 6.07) is 8.94. The highest BCUT2D eigenvalue weighted by Gasteiger charge is 2.28. The lowest BCUT2D eigenvalue weighted by molar-refractivity contribution is 0.283. The first kappa shape index (κ1) is 25.2. The number of aryl methyl sites for hydroxylation is 2. The molecule has 0 fully saturated rings. The Balaban J connectivity index is 0.000000654. The molecule has 0 aromatic carbocycles. The molecule has 32 heavy (non-hydrogen) atoms. The Morgan fingerprint density at radius 3 is 1.91 bits per heavy atom. The minimum absolute atomic E-state index is 0.0184. The lowest BCUT2D eigenvalue weighted by atomic mass is 9.98. The van der Waals surface area contributed by atoms with Crippen molar-refractivity contribution in [3.8, 4) is 11.1 Å². The maximum atomic E-state index is 10.2. The maximum absolute atomic E-state index is 10.2. The predicted octanol–water partition coefficient (Wildman–Crippen LogP) is 6.83. The summed E-state index contributed by atoms with van der Waals surface area (Å²) in [5, 5.41) is 0. The minimum atomic E-state index is -6.00. The molecule has 3 aliphatic rings. The molecule has 172 valence electrons. The highest BCUT2D eigenvalue weighted by atomic mass is 19.5. The summed E-state index contributed by atoms with van der Waals surface area (Å²) in [5.74, 6) is 1.30. The first-order valence-electron chi connectivity index (χ1n) is 10.1. The lowest BCUT2D eigenvalue weighted by Crippen LogP contribution is -2.14. The van der Waals surface area contributed by atoms with Gasteiger partial charge in [0, 0.05) is 0 Å². The van der Waals surface area contributed by atoms with E-state index in [1.165, 1.54) is 42.0 Å². The van der Waals surface area contributed by atoms with Crippen LogP contribution < -0.4 is 0 Å². The van der Waals surface area contributed by atoms with E-state index < -0.39 is 7.25 Å². The molecule has 0 spiro atoms. The topological polar surface area (TPSA) is 39.9 Å². The van der Waals surface area contributed by atoms with Crippen LogP contribution in [0.1, 0.15) is 42.0 Å². The molecule has 3 rings (SSSR count). The minimum Gasteiger partial charge on any atom is -0.488 e. The van der Waals surface area contributed by atoms with Crippen LogP contribution in [0.15, 0.2) is 53.5 Å². The number of allylic oxidation sites excluding steroid dienone is 3. The number of halogens is 4. The van der Waals surface area contributed by atoms with Gasteiger partial charge in [0.2, 0.25) is 11.5 Å². The van der Waals surface area contributed by atoms with E-state index in [4.69, 9.17) is 9.47 Å². The monoisotopic (exact) mass is 450 g/mol. The van der Waals surface area contributed by atoms with Crippen LogP contribution in [0, 0.1) is 13.8 Å². The number of rotatable bonds is 4. The molecule has 8 heteroatoms. The Bertz CT molecular complexity index is 1030. The second-order valence-corrected chi connectivity index (χ2v) is 7.80. The molecule has 3 nitrogen and oxygen atoms in total. The summed E-state index contributed by atoms with van der Waals surface area (Å²) in [7, 11) is -2.92. The van der Waals surface area contributed by atoms with Gasteiger partial charge in [0.05, 0.1) is 14.2 Å². The van der Waals surface area contributed by atoms with E-state index in [0.717, 1.165) is 11.1 Å². The highest BCUT2D eigenvalue weighted by Crippen LogP contribution is 2.37. The molecule has 3 aliphatic carbocycles. The lowest BCUT2D eigenvalue weighted by Gasteiger charge is -2.10. The van der Waals surface area contributed by atoms with E-state index in [0.29, 0.717) is 17.4 Å². The van der Waals surface area contributed by atoms with Crippen LogP contribution in [-0.4, -0.2) is 32.1 Å². The number of hydrogen-bond donors (Lipinski definition) is 0. The van der Waals surface area contributed by atoms with Crippen LogP contribution in [0.4, 0.5) is 17.3 Å². The number of ketones is 1. The Labute approximate surface area is 185 Å². The van der Waals surface area contributed by atoms with Crippen molar-refractivity contribution in [2.75, 3.05) is 14.2 Å². The first-order chi connectivity index (χ1) is 14.8. The second-order valence-electron chi connectivity index (χ2n) is 7.80. The van der Waals surface area contributed by atoms with E-state index in [1.54, 1.807) is 0 Å². The van der Waals surface area contributed by atoms with Gasteiger partial charge in [-0.2, -0.15) is 0 Å². The highest BCUT2D eigenvalue weighted by molar-refractivity contribution is 6.50. The van der Waals surface area contributed by atoms with Crippen LogP contribution >= 0.6 is 0 Å². The molecule has 0 unspecified atom stereocenters. The van der Waals surface area contributed by atoms with E-state index in [1.807, 2.05) is 12.2 Å². The SMILES string of the molecule is COC1=CC(=Cc2cc(C)c3cc(C(C)C)ccc(C)c2-3)C=C(OC)C1=[OH+].F[B-](F)(F)F. The van der Waals surface area contributed by atoms with E-state index in [9.17, 15) is 22.1 Å². The molecule has 0 aromatic rings. The van der Waals surface area contributed by atoms with Gasteiger partial charge in [-0.3, -0.25) is 4.79 Å². The Kier molecular flexibility index (Phi) is 7.94. The molecule has 0 aromatic heterocycles. The van der Waals surface area contributed by atoms with Gasteiger partial charge in [0.15, 0.2) is 0 Å². The molecule has 0 aliphatic heterocycles. The van der Waals surface area contributed by atoms with Crippen LogP contribution in [0.25, 0.3) is 17.2 Å². The number of fused-ring (bicyclic) bond motifs is 1. The molecule has 0 heterocycles.